The van der Waals surface area contributed by atoms with E-state index in [0.29, 0.717) is 33.0 Å². The van der Waals surface area contributed by atoms with E-state index in [4.69, 9.17) is 11.6 Å². The zero-order valence-electron chi connectivity index (χ0n) is 11.3. The summed E-state index contributed by atoms with van der Waals surface area (Å²) < 4.78 is 8.32. The molecule has 0 aliphatic carbocycles. The van der Waals surface area contributed by atoms with Crippen molar-refractivity contribution in [3.63, 3.8) is 0 Å². The maximum atomic E-state index is 12.4. The van der Waals surface area contributed by atoms with Gasteiger partial charge in [0.2, 0.25) is 0 Å². The summed E-state index contributed by atoms with van der Waals surface area (Å²) in [4.78, 5) is 16.7. The number of carbonyl (C=O) groups excluding carboxylic acids is 1. The average molecular weight is 319 g/mol. The quantitative estimate of drug-likeness (QED) is 0.783. The van der Waals surface area contributed by atoms with Gasteiger partial charge in [0.1, 0.15) is 11.0 Å². The van der Waals surface area contributed by atoms with Crippen LogP contribution in [-0.2, 0) is 0 Å². The molecule has 0 radical (unpaired) electrons. The summed E-state index contributed by atoms with van der Waals surface area (Å²) in [6.45, 7) is 3.68. The van der Waals surface area contributed by atoms with Crippen molar-refractivity contribution in [1.29, 1.82) is 0 Å². The summed E-state index contributed by atoms with van der Waals surface area (Å²) in [6.07, 6.45) is 0. The number of hydrogen-bond donors (Lipinski definition) is 1. The van der Waals surface area contributed by atoms with Crippen LogP contribution in [-0.4, -0.2) is 19.6 Å². The van der Waals surface area contributed by atoms with Crippen molar-refractivity contribution in [1.82, 2.24) is 13.7 Å². The van der Waals surface area contributed by atoms with E-state index in [1.807, 2.05) is 6.92 Å². The zero-order chi connectivity index (χ0) is 15.0. The van der Waals surface area contributed by atoms with E-state index < -0.39 is 0 Å². The monoisotopic (exact) mass is 318 g/mol. The highest BCUT2D eigenvalue weighted by molar-refractivity contribution is 7.00. The number of rotatable bonds is 2. The number of nitrogens with one attached hydrogen (secondary N) is 1. The summed E-state index contributed by atoms with van der Waals surface area (Å²) in [5.74, 6) is -0.262. The molecule has 1 N–H and O–H groups in total. The molecule has 0 aliphatic rings. The first-order chi connectivity index (χ1) is 10.1. The van der Waals surface area contributed by atoms with Gasteiger partial charge in [-0.05, 0) is 38.1 Å². The number of nitrogens with zero attached hydrogens (tertiary/aromatic N) is 3. The molecule has 106 valence electrons. The van der Waals surface area contributed by atoms with Crippen LogP contribution in [0.2, 0.25) is 5.02 Å². The fraction of sp³-hybridized carbons (Fsp3) is 0.143. The highest BCUT2D eigenvalue weighted by atomic mass is 35.5. The molecule has 0 unspecified atom stereocenters. The minimum atomic E-state index is -0.262. The number of aromatic nitrogens is 3. The number of hydrogen-bond acceptors (Lipinski definition) is 5. The van der Waals surface area contributed by atoms with Gasteiger partial charge in [-0.3, -0.25) is 9.78 Å². The van der Waals surface area contributed by atoms with Gasteiger partial charge in [0, 0.05) is 5.69 Å². The molecule has 2 aromatic heterocycles. The smallest absolute Gasteiger partial charge is 0.257 e. The van der Waals surface area contributed by atoms with Gasteiger partial charge in [0.05, 0.1) is 33.7 Å². The number of pyridine rings is 1. The number of carbonyl (C=O) groups is 1. The Morgan fingerprint density at radius 2 is 2.00 bits per heavy atom. The van der Waals surface area contributed by atoms with E-state index in [2.05, 4.69) is 19.0 Å². The summed E-state index contributed by atoms with van der Waals surface area (Å²) in [7, 11) is 0. The Hall–Kier alpha value is -2.05. The van der Waals surface area contributed by atoms with E-state index in [-0.39, 0.29) is 5.91 Å². The predicted octanol–water partition coefficient (Wildman–Crippen LogP) is 3.61. The van der Waals surface area contributed by atoms with Crippen LogP contribution in [0.5, 0.6) is 0 Å². The maximum Gasteiger partial charge on any atom is 0.257 e. The molecule has 0 fully saturated rings. The summed E-state index contributed by atoms with van der Waals surface area (Å²) in [5, 5.41) is 3.24. The number of benzene rings is 1. The second-order valence-electron chi connectivity index (χ2n) is 4.59. The third-order valence-electron chi connectivity index (χ3n) is 3.09. The number of anilines is 1. The molecule has 0 bridgehead atoms. The number of halogens is 1. The van der Waals surface area contributed by atoms with Crippen LogP contribution in [0.1, 0.15) is 21.7 Å². The van der Waals surface area contributed by atoms with Crippen LogP contribution in [0.3, 0.4) is 0 Å². The van der Waals surface area contributed by atoms with Crippen LogP contribution in [0.15, 0.2) is 24.3 Å². The normalized spacial score (nSPS) is 10.8. The molecule has 0 atom stereocenters. The van der Waals surface area contributed by atoms with Crippen LogP contribution in [0.4, 0.5) is 5.69 Å². The standard InChI is InChI=1S/C14H11ClN4OS/c1-7-3-4-9(8(2)16-7)14(20)17-12-10(15)5-6-11-13(12)19-21-18-11/h3-6H,1-2H3,(H,17,20). The molecular weight excluding hydrogens is 308 g/mol. The first-order valence-electron chi connectivity index (χ1n) is 6.22. The lowest BCUT2D eigenvalue weighted by molar-refractivity contribution is 0.102. The number of amides is 1. The molecule has 0 spiro atoms. The minimum absolute atomic E-state index is 0.262. The molecule has 1 aromatic carbocycles. The second kappa shape index (κ2) is 5.38. The largest absolute Gasteiger partial charge is 0.319 e. The Morgan fingerprint density at radius 3 is 2.76 bits per heavy atom. The molecule has 5 nitrogen and oxygen atoms in total. The third kappa shape index (κ3) is 2.59. The summed E-state index contributed by atoms with van der Waals surface area (Å²) in [6, 6.07) is 7.02. The van der Waals surface area contributed by atoms with E-state index in [1.165, 1.54) is 0 Å². The van der Waals surface area contributed by atoms with Crippen LogP contribution < -0.4 is 5.32 Å². The lowest BCUT2D eigenvalue weighted by Crippen LogP contribution is -2.15. The van der Waals surface area contributed by atoms with Gasteiger partial charge >= 0.3 is 0 Å². The van der Waals surface area contributed by atoms with Gasteiger partial charge < -0.3 is 5.32 Å². The van der Waals surface area contributed by atoms with Gasteiger partial charge in [-0.1, -0.05) is 11.6 Å². The maximum absolute atomic E-state index is 12.4. The highest BCUT2D eigenvalue weighted by Crippen LogP contribution is 2.30. The van der Waals surface area contributed by atoms with Crippen molar-refractivity contribution in [3.05, 3.63) is 46.2 Å². The van der Waals surface area contributed by atoms with Crippen LogP contribution in [0, 0.1) is 13.8 Å². The molecule has 21 heavy (non-hydrogen) atoms. The topological polar surface area (TPSA) is 67.8 Å². The molecule has 0 saturated heterocycles. The van der Waals surface area contributed by atoms with Crippen molar-refractivity contribution < 1.29 is 4.79 Å². The zero-order valence-corrected chi connectivity index (χ0v) is 12.9. The van der Waals surface area contributed by atoms with E-state index in [0.717, 1.165) is 17.4 Å². The molecule has 3 rings (SSSR count). The molecule has 0 aliphatic heterocycles. The molecule has 2 heterocycles. The van der Waals surface area contributed by atoms with Crippen molar-refractivity contribution in [2.75, 3.05) is 5.32 Å². The predicted molar refractivity (Wildman–Crippen MR) is 84.1 cm³/mol. The molecule has 1 amide bonds. The van der Waals surface area contributed by atoms with Gasteiger partial charge in [-0.15, -0.1) is 0 Å². The van der Waals surface area contributed by atoms with E-state index in [9.17, 15) is 4.79 Å². The van der Waals surface area contributed by atoms with E-state index in [1.54, 1.807) is 31.2 Å². The third-order valence-corrected chi connectivity index (χ3v) is 3.94. The van der Waals surface area contributed by atoms with Crippen LogP contribution in [0.25, 0.3) is 11.0 Å². The van der Waals surface area contributed by atoms with Crippen molar-refractivity contribution in [2.45, 2.75) is 13.8 Å². The summed E-state index contributed by atoms with van der Waals surface area (Å²) >= 11 is 7.24. The number of fused-ring (bicyclic) bond motifs is 1. The fourth-order valence-corrected chi connectivity index (χ4v) is 2.80. The Bertz CT molecular complexity index is 846. The Balaban J connectivity index is 2.00. The second-order valence-corrected chi connectivity index (χ2v) is 5.53. The fourth-order valence-electron chi connectivity index (χ4n) is 2.05. The highest BCUT2D eigenvalue weighted by Gasteiger charge is 2.16. The molecule has 0 saturated carbocycles. The lowest BCUT2D eigenvalue weighted by Gasteiger charge is -2.09. The van der Waals surface area contributed by atoms with Crippen molar-refractivity contribution >= 4 is 46.0 Å². The van der Waals surface area contributed by atoms with Crippen LogP contribution >= 0.6 is 23.3 Å². The van der Waals surface area contributed by atoms with Gasteiger partial charge in [0.15, 0.2) is 0 Å². The molecular formula is C14H11ClN4OS. The summed E-state index contributed by atoms with van der Waals surface area (Å²) in [5.41, 5.74) is 3.84. The lowest BCUT2D eigenvalue weighted by atomic mass is 10.1. The average Bonchev–Trinajstić information content (AvgIpc) is 2.90. The number of aryl methyl sites for hydroxylation is 2. The van der Waals surface area contributed by atoms with Crippen molar-refractivity contribution in [3.8, 4) is 0 Å². The molecule has 3 aromatic rings. The van der Waals surface area contributed by atoms with Gasteiger partial charge in [0.25, 0.3) is 5.91 Å². The Labute approximate surface area is 130 Å². The minimum Gasteiger partial charge on any atom is -0.319 e. The Morgan fingerprint density at radius 1 is 1.19 bits per heavy atom. The van der Waals surface area contributed by atoms with E-state index >= 15 is 0 Å². The van der Waals surface area contributed by atoms with Crippen molar-refractivity contribution in [2.24, 2.45) is 0 Å². The SMILES string of the molecule is Cc1ccc(C(=O)Nc2c(Cl)ccc3nsnc23)c(C)n1. The van der Waals surface area contributed by atoms with Gasteiger partial charge in [-0.2, -0.15) is 8.75 Å². The molecule has 7 heteroatoms. The first kappa shape index (κ1) is 13.9. The van der Waals surface area contributed by atoms with Gasteiger partial charge in [-0.25, -0.2) is 0 Å². The Kier molecular flexibility index (Phi) is 3.57. The first-order valence-corrected chi connectivity index (χ1v) is 7.33.